The Bertz CT molecular complexity index is 2460. The van der Waals surface area contributed by atoms with Crippen LogP contribution in [0.25, 0.3) is 33.5 Å². The number of hydrogen-bond donors (Lipinski definition) is 12. The molecule has 0 amide bonds. The Labute approximate surface area is 337 Å². The van der Waals surface area contributed by atoms with E-state index in [0.29, 0.717) is 28.0 Å². The summed E-state index contributed by atoms with van der Waals surface area (Å²) < 4.78 is 4.79. The third kappa shape index (κ3) is 7.73. The van der Waals surface area contributed by atoms with E-state index in [0.717, 1.165) is 0 Å². The molecule has 3 aliphatic rings. The Morgan fingerprint density at radius 3 is 1.20 bits per heavy atom. The topological polar surface area (TPSA) is 385 Å². The van der Waals surface area contributed by atoms with E-state index in [1.807, 2.05) is 0 Å². The van der Waals surface area contributed by atoms with Gasteiger partial charge < -0.3 is 76.1 Å². The van der Waals surface area contributed by atoms with Crippen molar-refractivity contribution in [3.8, 4) is 0 Å². The summed E-state index contributed by atoms with van der Waals surface area (Å²) in [6.45, 7) is -0.688. The van der Waals surface area contributed by atoms with Crippen LogP contribution in [0.1, 0.15) is 18.1 Å². The second-order valence-electron chi connectivity index (χ2n) is 14.3. The maximum atomic E-state index is 11.6. The molecule has 0 bridgehead atoms. The van der Waals surface area contributed by atoms with Crippen LogP contribution in [0, 0.1) is 17.8 Å². The zero-order valence-electron chi connectivity index (χ0n) is 31.5. The molecule has 9 rings (SSSR count). The van der Waals surface area contributed by atoms with Gasteiger partial charge in [0.2, 0.25) is 0 Å². The van der Waals surface area contributed by atoms with E-state index in [-0.39, 0.29) is 42.5 Å². The Hall–Kier alpha value is -6.09. The van der Waals surface area contributed by atoms with Crippen molar-refractivity contribution in [1.82, 2.24) is 58.6 Å². The summed E-state index contributed by atoms with van der Waals surface area (Å²) in [5, 5.41) is 87.8. The fourth-order valence-electron chi connectivity index (χ4n) is 7.35. The van der Waals surface area contributed by atoms with Gasteiger partial charge in [0.25, 0.3) is 5.56 Å². The summed E-state index contributed by atoms with van der Waals surface area (Å²) in [5.41, 5.74) is 13.4. The molecule has 0 saturated carbocycles. The van der Waals surface area contributed by atoms with Gasteiger partial charge in [0.05, 0.1) is 81.6 Å². The lowest BCUT2D eigenvalue weighted by Crippen LogP contribution is -2.42. The standard InChI is InChI=1S/2C12H15N5O3.C12H14N4O4/c2*13-11-8-12(15-4-14-11)17(5-16-8)7-2-1-6(3-18)9(19)10(7)20;17-3-6-1-2-7(10(19)9(6)18)16-5-15-8-11(16)13-4-14-12(8)20/h2*1-2,4-7,9-10,18-20H,3H2,(H2,13,14,15);1-2,4-7,9-10,17-19H,3H2,(H,13,14,20)/t3*6-,7-,9-,10+/m101/s1. The Morgan fingerprint density at radius 2 is 0.833 bits per heavy atom. The van der Waals surface area contributed by atoms with Crippen molar-refractivity contribution in [3.63, 3.8) is 0 Å². The van der Waals surface area contributed by atoms with Gasteiger partial charge in [-0.2, -0.15) is 0 Å². The van der Waals surface area contributed by atoms with Crippen LogP contribution in [0.15, 0.2) is 79.2 Å². The zero-order chi connectivity index (χ0) is 42.8. The maximum absolute atomic E-state index is 11.6. The molecule has 3 aliphatic carbocycles. The first-order chi connectivity index (χ1) is 28.9. The molecule has 0 aliphatic heterocycles. The number of fused-ring (bicyclic) bond motifs is 3. The van der Waals surface area contributed by atoms with Crippen LogP contribution in [0.3, 0.4) is 0 Å². The van der Waals surface area contributed by atoms with Gasteiger partial charge in [0, 0.05) is 17.8 Å². The van der Waals surface area contributed by atoms with Gasteiger partial charge in [-0.05, 0) is 0 Å². The zero-order valence-corrected chi connectivity index (χ0v) is 31.5. The van der Waals surface area contributed by atoms with Crippen molar-refractivity contribution in [2.75, 3.05) is 31.3 Å². The van der Waals surface area contributed by atoms with E-state index in [1.165, 1.54) is 42.5 Å². The highest BCUT2D eigenvalue weighted by atomic mass is 16.3. The number of rotatable bonds is 6. The lowest BCUT2D eigenvalue weighted by atomic mass is 9.88. The monoisotopic (exact) mass is 832 g/mol. The fourth-order valence-corrected chi connectivity index (χ4v) is 7.35. The quantitative estimate of drug-likeness (QED) is 0.0717. The average molecular weight is 833 g/mol. The first-order valence-corrected chi connectivity index (χ1v) is 18.6. The minimum Gasteiger partial charge on any atom is -0.396 e. The van der Waals surface area contributed by atoms with Crippen molar-refractivity contribution < 1.29 is 46.0 Å². The molecule has 6 heterocycles. The third-order valence-electron chi connectivity index (χ3n) is 10.8. The summed E-state index contributed by atoms with van der Waals surface area (Å²) in [6.07, 6.45) is 12.0. The molecule has 6 aromatic heterocycles. The van der Waals surface area contributed by atoms with E-state index in [9.17, 15) is 35.4 Å². The molecule has 12 atom stereocenters. The SMILES string of the molecule is Nc1ncnc2c1ncn2[C@@H]1C=C[C@H](CO)[C@@H](O)[C@H]1O.Nc1ncnc2c1ncn2[C@H]1C=C[C@@H](CO)[C@H](O)[C@@H]1O.O=c1[nH]cnc2c1ncn2[C@@H]1C=C[C@H](CO)[C@@H](O)[C@H]1O. The van der Waals surface area contributed by atoms with Gasteiger partial charge in [0.15, 0.2) is 34.1 Å². The summed E-state index contributed by atoms with van der Waals surface area (Å²) in [7, 11) is 0. The molecule has 0 radical (unpaired) electrons. The molecule has 0 spiro atoms. The van der Waals surface area contributed by atoms with E-state index >= 15 is 0 Å². The number of aliphatic hydroxyl groups is 9. The van der Waals surface area contributed by atoms with Crippen molar-refractivity contribution in [1.29, 1.82) is 0 Å². The van der Waals surface area contributed by atoms with E-state index in [4.69, 9.17) is 26.8 Å². The Kier molecular flexibility index (Phi) is 12.4. The number of nitrogens with zero attached hydrogens (tertiary/aromatic N) is 11. The van der Waals surface area contributed by atoms with Crippen molar-refractivity contribution in [3.05, 3.63) is 84.8 Å². The second kappa shape index (κ2) is 17.6. The number of nitrogens with two attached hydrogens (primary N) is 2. The molecule has 0 aromatic carbocycles. The third-order valence-corrected chi connectivity index (χ3v) is 10.8. The number of H-pyrrole nitrogens is 1. The highest BCUT2D eigenvalue weighted by molar-refractivity contribution is 5.82. The predicted octanol–water partition coefficient (Wildman–Crippen LogP) is -3.74. The molecule has 0 fully saturated rings. The number of anilines is 2. The number of nitrogens with one attached hydrogen (secondary N) is 1. The van der Waals surface area contributed by atoms with Gasteiger partial charge in [-0.15, -0.1) is 0 Å². The largest absolute Gasteiger partial charge is 0.396 e. The number of aliphatic hydroxyl groups excluding tert-OH is 9. The molecule has 24 nitrogen and oxygen atoms in total. The van der Waals surface area contributed by atoms with Gasteiger partial charge in [0.1, 0.15) is 42.0 Å². The number of aromatic amines is 1. The van der Waals surface area contributed by atoms with E-state index < -0.39 is 72.5 Å². The molecule has 24 heteroatoms. The summed E-state index contributed by atoms with van der Waals surface area (Å²) in [5.74, 6) is -0.938. The first kappa shape index (κ1) is 42.0. The van der Waals surface area contributed by atoms with Crippen LogP contribution >= 0.6 is 0 Å². The van der Waals surface area contributed by atoms with Crippen molar-refractivity contribution in [2.24, 2.45) is 17.8 Å². The normalized spacial score (nSPS) is 29.9. The molecular formula is C36H44N14O10. The molecule has 60 heavy (non-hydrogen) atoms. The molecule has 14 N–H and O–H groups in total. The van der Waals surface area contributed by atoms with Crippen LogP contribution in [0.5, 0.6) is 0 Å². The van der Waals surface area contributed by atoms with Crippen LogP contribution < -0.4 is 17.0 Å². The van der Waals surface area contributed by atoms with Crippen LogP contribution in [-0.2, 0) is 0 Å². The van der Waals surface area contributed by atoms with Crippen LogP contribution in [0.2, 0.25) is 0 Å². The number of aromatic nitrogens is 12. The second-order valence-corrected chi connectivity index (χ2v) is 14.3. The number of imidazole rings is 3. The van der Waals surface area contributed by atoms with Gasteiger partial charge in [-0.3, -0.25) is 4.79 Å². The fraction of sp³-hybridized carbons (Fsp3) is 0.417. The molecule has 0 unspecified atom stereocenters. The van der Waals surface area contributed by atoms with Gasteiger partial charge in [-0.1, -0.05) is 36.5 Å². The van der Waals surface area contributed by atoms with Crippen LogP contribution in [0.4, 0.5) is 11.6 Å². The van der Waals surface area contributed by atoms with Crippen molar-refractivity contribution in [2.45, 2.75) is 54.7 Å². The Balaban J connectivity index is 0.000000136. The predicted molar refractivity (Wildman–Crippen MR) is 210 cm³/mol. The molecular weight excluding hydrogens is 788 g/mol. The summed E-state index contributed by atoms with van der Waals surface area (Å²) >= 11 is 0. The minimum atomic E-state index is -1.12. The van der Waals surface area contributed by atoms with Crippen molar-refractivity contribution >= 4 is 45.1 Å². The maximum Gasteiger partial charge on any atom is 0.278 e. The first-order valence-electron chi connectivity index (χ1n) is 18.6. The molecule has 6 aromatic rings. The average Bonchev–Trinajstić information content (AvgIpc) is 4.01. The van der Waals surface area contributed by atoms with Gasteiger partial charge in [-0.25, -0.2) is 39.9 Å². The van der Waals surface area contributed by atoms with E-state index in [1.54, 1.807) is 45.6 Å². The number of nitrogen functional groups attached to an aromatic ring is 2. The smallest absolute Gasteiger partial charge is 0.278 e. The lowest BCUT2D eigenvalue weighted by Gasteiger charge is -2.33. The van der Waals surface area contributed by atoms with E-state index in [2.05, 4.69) is 44.9 Å². The number of hydrogen-bond acceptors (Lipinski definition) is 20. The summed E-state index contributed by atoms with van der Waals surface area (Å²) in [4.78, 5) is 46.2. The van der Waals surface area contributed by atoms with Crippen LogP contribution in [-0.4, -0.2) is 161 Å². The Morgan fingerprint density at radius 1 is 0.483 bits per heavy atom. The molecule has 318 valence electrons. The highest BCUT2D eigenvalue weighted by Gasteiger charge is 2.37. The lowest BCUT2D eigenvalue weighted by molar-refractivity contribution is -0.0414. The summed E-state index contributed by atoms with van der Waals surface area (Å²) in [6, 6.07) is -1.63. The minimum absolute atomic E-state index is 0.173. The highest BCUT2D eigenvalue weighted by Crippen LogP contribution is 2.32. The molecule has 0 saturated heterocycles. The van der Waals surface area contributed by atoms with Gasteiger partial charge >= 0.3 is 0 Å².